The molecular formula is C19H22N2O2. The summed E-state index contributed by atoms with van der Waals surface area (Å²) in [5, 5.41) is 11.6. The van der Waals surface area contributed by atoms with E-state index in [0.717, 1.165) is 25.9 Å². The van der Waals surface area contributed by atoms with Crippen molar-refractivity contribution in [2.45, 2.75) is 24.9 Å². The monoisotopic (exact) mass is 310 g/mol. The van der Waals surface area contributed by atoms with Crippen molar-refractivity contribution in [3.05, 3.63) is 71.8 Å². The summed E-state index contributed by atoms with van der Waals surface area (Å²) in [5.74, 6) is 0. The van der Waals surface area contributed by atoms with Crippen molar-refractivity contribution in [3.8, 4) is 0 Å². The van der Waals surface area contributed by atoms with Crippen LogP contribution in [0.3, 0.4) is 0 Å². The Morgan fingerprint density at radius 1 is 1.04 bits per heavy atom. The highest BCUT2D eigenvalue weighted by atomic mass is 16.4. The molecule has 3 rings (SSSR count). The van der Waals surface area contributed by atoms with Crippen molar-refractivity contribution in [1.29, 1.82) is 0 Å². The Morgan fingerprint density at radius 2 is 1.61 bits per heavy atom. The molecule has 4 nitrogen and oxygen atoms in total. The third-order valence-electron chi connectivity index (χ3n) is 4.38. The normalized spacial score (nSPS) is 18.7. The molecule has 2 aromatic carbocycles. The summed E-state index contributed by atoms with van der Waals surface area (Å²) in [7, 11) is 0. The van der Waals surface area contributed by atoms with Crippen LogP contribution in [0, 0.1) is 0 Å². The van der Waals surface area contributed by atoms with Gasteiger partial charge in [0, 0.05) is 12.6 Å². The second-order valence-corrected chi connectivity index (χ2v) is 6.01. The maximum atomic E-state index is 11.0. The molecule has 1 aliphatic rings. The lowest BCUT2D eigenvalue weighted by Crippen LogP contribution is -2.48. The van der Waals surface area contributed by atoms with Crippen LogP contribution in [0.15, 0.2) is 60.7 Å². The molecule has 0 aliphatic carbocycles. The molecule has 1 fully saturated rings. The zero-order valence-electron chi connectivity index (χ0n) is 13.1. The number of carboxylic acid groups (broad SMARTS) is 1. The molecule has 23 heavy (non-hydrogen) atoms. The molecule has 0 bridgehead atoms. The summed E-state index contributed by atoms with van der Waals surface area (Å²) in [4.78, 5) is 13.3. The van der Waals surface area contributed by atoms with Crippen LogP contribution in [0.5, 0.6) is 0 Å². The van der Waals surface area contributed by atoms with Crippen LogP contribution in [-0.4, -0.2) is 35.2 Å². The summed E-state index contributed by atoms with van der Waals surface area (Å²) in [5.41, 5.74) is 2.49. The van der Waals surface area contributed by atoms with Gasteiger partial charge in [-0.15, -0.1) is 0 Å². The van der Waals surface area contributed by atoms with E-state index in [1.54, 1.807) is 0 Å². The van der Waals surface area contributed by atoms with Crippen LogP contribution in [-0.2, 0) is 0 Å². The summed E-state index contributed by atoms with van der Waals surface area (Å²) < 4.78 is 0. The van der Waals surface area contributed by atoms with Gasteiger partial charge in [0.2, 0.25) is 0 Å². The first-order valence-electron chi connectivity index (χ1n) is 8.07. The molecule has 1 unspecified atom stereocenters. The van der Waals surface area contributed by atoms with Gasteiger partial charge >= 0.3 is 6.09 Å². The average Bonchev–Trinajstić information content (AvgIpc) is 2.57. The van der Waals surface area contributed by atoms with Gasteiger partial charge in [0.25, 0.3) is 0 Å². The smallest absolute Gasteiger partial charge is 0.404 e. The molecule has 0 spiro atoms. The summed E-state index contributed by atoms with van der Waals surface area (Å²) >= 11 is 0. The minimum atomic E-state index is -0.937. The zero-order valence-corrected chi connectivity index (χ0v) is 13.1. The van der Waals surface area contributed by atoms with Gasteiger partial charge in [-0.05, 0) is 30.5 Å². The number of carbonyl (C=O) groups is 1. The number of hydrogen-bond acceptors (Lipinski definition) is 2. The summed E-state index contributed by atoms with van der Waals surface area (Å²) in [6, 6.07) is 21.0. The van der Waals surface area contributed by atoms with Crippen LogP contribution in [0.1, 0.15) is 30.0 Å². The Morgan fingerprint density at radius 3 is 2.13 bits per heavy atom. The molecule has 1 aliphatic heterocycles. The van der Waals surface area contributed by atoms with E-state index in [2.05, 4.69) is 58.7 Å². The van der Waals surface area contributed by atoms with Crippen molar-refractivity contribution >= 4 is 6.09 Å². The van der Waals surface area contributed by atoms with Crippen LogP contribution in [0.25, 0.3) is 0 Å². The van der Waals surface area contributed by atoms with Crippen LogP contribution >= 0.6 is 0 Å². The standard InChI is InChI=1S/C19H22N2O2/c22-19(23)20-17-12-7-13-21(14-17)18(15-8-3-1-4-9-15)16-10-5-2-6-11-16/h1-6,8-11,17-18,20H,7,12-14H2,(H,22,23). The molecule has 4 heteroatoms. The van der Waals surface area contributed by atoms with Crippen molar-refractivity contribution in [1.82, 2.24) is 10.2 Å². The fourth-order valence-corrected chi connectivity index (χ4v) is 3.42. The maximum absolute atomic E-state index is 11.0. The predicted molar refractivity (Wildman–Crippen MR) is 90.5 cm³/mol. The Hall–Kier alpha value is -2.33. The lowest BCUT2D eigenvalue weighted by molar-refractivity contribution is 0.144. The zero-order chi connectivity index (χ0) is 16.1. The predicted octanol–water partition coefficient (Wildman–Crippen LogP) is 3.51. The van der Waals surface area contributed by atoms with Gasteiger partial charge in [0.1, 0.15) is 0 Å². The number of rotatable bonds is 4. The highest BCUT2D eigenvalue weighted by Crippen LogP contribution is 2.30. The fourth-order valence-electron chi connectivity index (χ4n) is 3.42. The molecule has 1 saturated heterocycles. The minimum Gasteiger partial charge on any atom is -0.465 e. The number of benzene rings is 2. The first-order chi connectivity index (χ1) is 11.2. The number of nitrogens with one attached hydrogen (secondary N) is 1. The van der Waals surface area contributed by atoms with Gasteiger partial charge in [-0.2, -0.15) is 0 Å². The van der Waals surface area contributed by atoms with Gasteiger partial charge in [-0.1, -0.05) is 60.7 Å². The first-order valence-corrected chi connectivity index (χ1v) is 8.07. The molecule has 2 N–H and O–H groups in total. The van der Waals surface area contributed by atoms with E-state index >= 15 is 0 Å². The van der Waals surface area contributed by atoms with Crippen molar-refractivity contribution in [3.63, 3.8) is 0 Å². The van der Waals surface area contributed by atoms with E-state index in [1.165, 1.54) is 11.1 Å². The molecule has 0 aromatic heterocycles. The molecule has 120 valence electrons. The highest BCUT2D eigenvalue weighted by Gasteiger charge is 2.28. The minimum absolute atomic E-state index is 0.00354. The van der Waals surface area contributed by atoms with Crippen molar-refractivity contribution in [2.24, 2.45) is 0 Å². The van der Waals surface area contributed by atoms with Gasteiger partial charge in [-0.3, -0.25) is 4.90 Å². The molecular weight excluding hydrogens is 288 g/mol. The third-order valence-corrected chi connectivity index (χ3v) is 4.38. The van der Waals surface area contributed by atoms with Gasteiger partial charge in [0.15, 0.2) is 0 Å². The van der Waals surface area contributed by atoms with E-state index in [0.29, 0.717) is 0 Å². The number of likely N-dealkylation sites (tertiary alicyclic amines) is 1. The number of hydrogen-bond donors (Lipinski definition) is 2. The van der Waals surface area contributed by atoms with E-state index < -0.39 is 6.09 Å². The topological polar surface area (TPSA) is 52.6 Å². The second-order valence-electron chi connectivity index (χ2n) is 6.01. The van der Waals surface area contributed by atoms with Crippen LogP contribution in [0.4, 0.5) is 4.79 Å². The summed E-state index contributed by atoms with van der Waals surface area (Å²) in [6.07, 6.45) is 0.966. The lowest BCUT2D eigenvalue weighted by atomic mass is 9.94. The highest BCUT2D eigenvalue weighted by molar-refractivity contribution is 5.64. The maximum Gasteiger partial charge on any atom is 0.404 e. The van der Waals surface area contributed by atoms with Crippen LogP contribution < -0.4 is 5.32 Å². The largest absolute Gasteiger partial charge is 0.465 e. The second kappa shape index (κ2) is 7.29. The van der Waals surface area contributed by atoms with Crippen molar-refractivity contribution in [2.75, 3.05) is 13.1 Å². The Labute approximate surface area is 136 Å². The third kappa shape index (κ3) is 3.90. The SMILES string of the molecule is O=C(O)NC1CCCN(C(c2ccccc2)c2ccccc2)C1. The molecule has 1 atom stereocenters. The van der Waals surface area contributed by atoms with E-state index in [4.69, 9.17) is 5.11 Å². The Balaban J connectivity index is 1.88. The Bertz CT molecular complexity index is 591. The van der Waals surface area contributed by atoms with Crippen LogP contribution in [0.2, 0.25) is 0 Å². The number of nitrogens with zero attached hydrogens (tertiary/aromatic N) is 1. The van der Waals surface area contributed by atoms with Gasteiger partial charge in [-0.25, -0.2) is 4.79 Å². The fraction of sp³-hybridized carbons (Fsp3) is 0.316. The molecule has 2 aromatic rings. The Kier molecular flexibility index (Phi) is 4.93. The van der Waals surface area contributed by atoms with Gasteiger partial charge in [0.05, 0.1) is 6.04 Å². The molecule has 0 radical (unpaired) electrons. The molecule has 1 amide bonds. The van der Waals surface area contributed by atoms with E-state index in [-0.39, 0.29) is 12.1 Å². The summed E-state index contributed by atoms with van der Waals surface area (Å²) in [6.45, 7) is 1.72. The molecule has 1 heterocycles. The van der Waals surface area contributed by atoms with Gasteiger partial charge < -0.3 is 10.4 Å². The lowest BCUT2D eigenvalue weighted by Gasteiger charge is -2.38. The average molecular weight is 310 g/mol. The quantitative estimate of drug-likeness (QED) is 0.908. The van der Waals surface area contributed by atoms with Crippen molar-refractivity contribution < 1.29 is 9.90 Å². The number of amides is 1. The molecule has 0 saturated carbocycles. The van der Waals surface area contributed by atoms with E-state index in [1.807, 2.05) is 12.1 Å². The van der Waals surface area contributed by atoms with E-state index in [9.17, 15) is 4.79 Å². The number of piperidine rings is 1. The first kappa shape index (κ1) is 15.6.